The second-order valence-electron chi connectivity index (χ2n) is 4.35. The molecule has 5 nitrogen and oxygen atoms in total. The second kappa shape index (κ2) is 9.88. The zero-order valence-corrected chi connectivity index (χ0v) is 11.7. The van der Waals surface area contributed by atoms with E-state index >= 15 is 0 Å². The van der Waals surface area contributed by atoms with E-state index < -0.39 is 0 Å². The number of hydrogen-bond acceptors (Lipinski definition) is 5. The lowest BCUT2D eigenvalue weighted by atomic mass is 10.2. The van der Waals surface area contributed by atoms with E-state index in [-0.39, 0.29) is 30.8 Å². The smallest absolute Gasteiger partial charge is 0.306 e. The van der Waals surface area contributed by atoms with E-state index in [2.05, 4.69) is 0 Å². The molecule has 0 saturated heterocycles. The van der Waals surface area contributed by atoms with Gasteiger partial charge < -0.3 is 14.2 Å². The van der Waals surface area contributed by atoms with Crippen LogP contribution < -0.4 is 0 Å². The van der Waals surface area contributed by atoms with Gasteiger partial charge in [-0.25, -0.2) is 0 Å². The Bertz CT molecular complexity index is 252. The van der Waals surface area contributed by atoms with Crippen LogP contribution in [0, 0.1) is 0 Å². The molecule has 0 radical (unpaired) electrons. The van der Waals surface area contributed by atoms with Crippen LogP contribution in [-0.4, -0.2) is 37.4 Å². The van der Waals surface area contributed by atoms with Crippen LogP contribution in [0.25, 0.3) is 0 Å². The lowest BCUT2D eigenvalue weighted by Gasteiger charge is -2.17. The Kier molecular flexibility index (Phi) is 9.28. The van der Waals surface area contributed by atoms with E-state index in [0.717, 1.165) is 12.8 Å². The van der Waals surface area contributed by atoms with E-state index in [4.69, 9.17) is 14.2 Å². The SMILES string of the molecule is CCCCC(=O)OC(C)COC(C)COC(C)=O. The van der Waals surface area contributed by atoms with Crippen molar-refractivity contribution in [3.05, 3.63) is 0 Å². The lowest BCUT2D eigenvalue weighted by Crippen LogP contribution is -2.25. The Balaban J connectivity index is 3.65. The van der Waals surface area contributed by atoms with E-state index in [1.54, 1.807) is 13.8 Å². The fraction of sp³-hybridized carbons (Fsp3) is 0.846. The number of rotatable bonds is 9. The Morgan fingerprint density at radius 3 is 2.33 bits per heavy atom. The van der Waals surface area contributed by atoms with Gasteiger partial charge in [-0.2, -0.15) is 0 Å². The summed E-state index contributed by atoms with van der Waals surface area (Å²) in [5, 5.41) is 0. The summed E-state index contributed by atoms with van der Waals surface area (Å²) in [6, 6.07) is 0. The molecule has 106 valence electrons. The number of esters is 2. The highest BCUT2D eigenvalue weighted by Crippen LogP contribution is 2.02. The molecule has 0 aromatic heterocycles. The van der Waals surface area contributed by atoms with Gasteiger partial charge >= 0.3 is 11.9 Å². The van der Waals surface area contributed by atoms with Gasteiger partial charge in [0.1, 0.15) is 12.7 Å². The Morgan fingerprint density at radius 2 is 1.78 bits per heavy atom. The van der Waals surface area contributed by atoms with E-state index in [1.807, 2.05) is 6.92 Å². The van der Waals surface area contributed by atoms with Crippen LogP contribution in [0.3, 0.4) is 0 Å². The third-order valence-corrected chi connectivity index (χ3v) is 2.20. The molecular formula is C13H24O5. The van der Waals surface area contributed by atoms with Crippen molar-refractivity contribution in [3.63, 3.8) is 0 Å². The number of carbonyl (C=O) groups is 2. The molecule has 18 heavy (non-hydrogen) atoms. The number of ether oxygens (including phenoxy) is 3. The fourth-order valence-corrected chi connectivity index (χ4v) is 1.22. The first-order chi connectivity index (χ1) is 8.45. The first kappa shape index (κ1) is 16.9. The zero-order chi connectivity index (χ0) is 14.0. The maximum Gasteiger partial charge on any atom is 0.306 e. The van der Waals surface area contributed by atoms with Crippen molar-refractivity contribution in [2.75, 3.05) is 13.2 Å². The van der Waals surface area contributed by atoms with E-state index in [0.29, 0.717) is 13.0 Å². The van der Waals surface area contributed by atoms with Crippen LogP contribution >= 0.6 is 0 Å². The van der Waals surface area contributed by atoms with Crippen molar-refractivity contribution in [2.24, 2.45) is 0 Å². The predicted octanol–water partition coefficient (Wildman–Crippen LogP) is 2.08. The summed E-state index contributed by atoms with van der Waals surface area (Å²) in [4.78, 5) is 21.9. The summed E-state index contributed by atoms with van der Waals surface area (Å²) in [5.74, 6) is -0.523. The normalized spacial score (nSPS) is 13.8. The first-order valence-corrected chi connectivity index (χ1v) is 6.40. The van der Waals surface area contributed by atoms with Gasteiger partial charge in [-0.1, -0.05) is 13.3 Å². The summed E-state index contributed by atoms with van der Waals surface area (Å²) in [6.45, 7) is 7.48. The Labute approximate surface area is 109 Å². The molecule has 0 aliphatic rings. The molecule has 0 heterocycles. The summed E-state index contributed by atoms with van der Waals surface area (Å²) in [5.41, 5.74) is 0. The molecule has 0 rings (SSSR count). The van der Waals surface area contributed by atoms with Gasteiger partial charge in [0.15, 0.2) is 0 Å². The third-order valence-electron chi connectivity index (χ3n) is 2.20. The van der Waals surface area contributed by atoms with Crippen LogP contribution in [-0.2, 0) is 23.8 Å². The molecule has 5 heteroatoms. The van der Waals surface area contributed by atoms with Crippen LogP contribution in [0.15, 0.2) is 0 Å². The minimum absolute atomic E-state index is 0.194. The molecule has 0 spiro atoms. The van der Waals surface area contributed by atoms with Crippen LogP contribution in [0.5, 0.6) is 0 Å². The topological polar surface area (TPSA) is 61.8 Å². The average Bonchev–Trinajstić information content (AvgIpc) is 2.31. The number of unbranched alkanes of at least 4 members (excludes halogenated alkanes) is 1. The molecule has 0 fully saturated rings. The van der Waals surface area contributed by atoms with Crippen molar-refractivity contribution in [2.45, 2.75) is 59.2 Å². The van der Waals surface area contributed by atoms with Crippen molar-refractivity contribution in [1.82, 2.24) is 0 Å². The van der Waals surface area contributed by atoms with Gasteiger partial charge in [-0.15, -0.1) is 0 Å². The monoisotopic (exact) mass is 260 g/mol. The zero-order valence-electron chi connectivity index (χ0n) is 11.7. The van der Waals surface area contributed by atoms with Crippen molar-refractivity contribution < 1.29 is 23.8 Å². The summed E-state index contributed by atoms with van der Waals surface area (Å²) in [6.07, 6.45) is 1.78. The maximum atomic E-state index is 11.3. The van der Waals surface area contributed by atoms with Gasteiger partial charge in [-0.05, 0) is 20.3 Å². The molecule has 0 aromatic carbocycles. The highest BCUT2D eigenvalue weighted by atomic mass is 16.6. The maximum absolute atomic E-state index is 11.3. The Hall–Kier alpha value is -1.10. The average molecular weight is 260 g/mol. The largest absolute Gasteiger partial charge is 0.463 e. The van der Waals surface area contributed by atoms with Crippen LogP contribution in [0.1, 0.15) is 47.0 Å². The quantitative estimate of drug-likeness (QED) is 0.594. The van der Waals surface area contributed by atoms with E-state index in [1.165, 1.54) is 6.92 Å². The van der Waals surface area contributed by atoms with Crippen molar-refractivity contribution in [3.8, 4) is 0 Å². The molecular weight excluding hydrogens is 236 g/mol. The second-order valence-corrected chi connectivity index (χ2v) is 4.35. The highest BCUT2D eigenvalue weighted by molar-refractivity contribution is 5.69. The highest BCUT2D eigenvalue weighted by Gasteiger charge is 2.11. The van der Waals surface area contributed by atoms with Crippen molar-refractivity contribution >= 4 is 11.9 Å². The standard InChI is InChI=1S/C13H24O5/c1-5-6-7-13(15)18-11(3)9-16-10(2)8-17-12(4)14/h10-11H,5-9H2,1-4H3. The van der Waals surface area contributed by atoms with Gasteiger partial charge in [0.25, 0.3) is 0 Å². The molecule has 0 aliphatic heterocycles. The minimum Gasteiger partial charge on any atom is -0.463 e. The number of carbonyl (C=O) groups excluding carboxylic acids is 2. The van der Waals surface area contributed by atoms with Gasteiger partial charge in [0, 0.05) is 13.3 Å². The predicted molar refractivity (Wildman–Crippen MR) is 67.1 cm³/mol. The summed E-state index contributed by atoms with van der Waals surface area (Å²) in [7, 11) is 0. The van der Waals surface area contributed by atoms with Crippen molar-refractivity contribution in [1.29, 1.82) is 0 Å². The van der Waals surface area contributed by atoms with Gasteiger partial charge in [-0.3, -0.25) is 9.59 Å². The molecule has 0 aromatic rings. The van der Waals surface area contributed by atoms with E-state index in [9.17, 15) is 9.59 Å². The first-order valence-electron chi connectivity index (χ1n) is 6.40. The molecule has 0 bridgehead atoms. The number of hydrogen-bond donors (Lipinski definition) is 0. The van der Waals surface area contributed by atoms with Gasteiger partial charge in [0.2, 0.25) is 0 Å². The van der Waals surface area contributed by atoms with Gasteiger partial charge in [0.05, 0.1) is 12.7 Å². The lowest BCUT2D eigenvalue weighted by molar-refractivity contribution is -0.153. The minimum atomic E-state index is -0.329. The molecule has 0 saturated carbocycles. The molecule has 0 amide bonds. The molecule has 2 atom stereocenters. The molecule has 0 aliphatic carbocycles. The molecule has 2 unspecified atom stereocenters. The fourth-order valence-electron chi connectivity index (χ4n) is 1.22. The summed E-state index contributed by atoms with van der Waals surface area (Å²) >= 11 is 0. The van der Waals surface area contributed by atoms with Crippen LogP contribution in [0.4, 0.5) is 0 Å². The third kappa shape index (κ3) is 10.1. The molecule has 0 N–H and O–H groups in total. The summed E-state index contributed by atoms with van der Waals surface area (Å²) < 4.78 is 15.4. The van der Waals surface area contributed by atoms with Crippen LogP contribution in [0.2, 0.25) is 0 Å². The Morgan fingerprint density at radius 1 is 1.11 bits per heavy atom.